The summed E-state index contributed by atoms with van der Waals surface area (Å²) < 4.78 is 20.2. The van der Waals surface area contributed by atoms with E-state index in [9.17, 15) is 9.18 Å². The molecule has 2 N–H and O–H groups in total. The molecular weight excluding hydrogens is 385 g/mol. The van der Waals surface area contributed by atoms with Crippen LogP contribution in [0.4, 0.5) is 4.39 Å². The maximum atomic E-state index is 14.0. The van der Waals surface area contributed by atoms with E-state index in [0.29, 0.717) is 29.5 Å². The quantitative estimate of drug-likeness (QED) is 0.765. The van der Waals surface area contributed by atoms with E-state index in [-0.39, 0.29) is 10.7 Å². The SMILES string of the molecule is Cc1cc(OC(CN2CCN[C@H](C)C2)c2ccc(Cl)c(F)c2)cnc1C(=O)O. The molecule has 0 bridgehead atoms. The van der Waals surface area contributed by atoms with Gasteiger partial charge < -0.3 is 15.2 Å². The summed E-state index contributed by atoms with van der Waals surface area (Å²) in [4.78, 5) is 17.4. The van der Waals surface area contributed by atoms with E-state index in [1.807, 2.05) is 0 Å². The summed E-state index contributed by atoms with van der Waals surface area (Å²) >= 11 is 5.82. The molecule has 6 nitrogen and oxygen atoms in total. The van der Waals surface area contributed by atoms with Crippen molar-refractivity contribution in [3.8, 4) is 5.75 Å². The maximum absolute atomic E-state index is 14.0. The van der Waals surface area contributed by atoms with E-state index in [1.54, 1.807) is 19.1 Å². The third kappa shape index (κ3) is 4.98. The monoisotopic (exact) mass is 407 g/mol. The Morgan fingerprint density at radius 3 is 2.93 bits per heavy atom. The molecule has 0 saturated carbocycles. The lowest BCUT2D eigenvalue weighted by molar-refractivity contribution is 0.0689. The maximum Gasteiger partial charge on any atom is 0.354 e. The van der Waals surface area contributed by atoms with Crippen LogP contribution >= 0.6 is 11.6 Å². The van der Waals surface area contributed by atoms with Crippen LogP contribution in [0.15, 0.2) is 30.5 Å². The van der Waals surface area contributed by atoms with Gasteiger partial charge in [-0.2, -0.15) is 0 Å². The van der Waals surface area contributed by atoms with Crippen LogP contribution in [0.2, 0.25) is 5.02 Å². The van der Waals surface area contributed by atoms with Gasteiger partial charge in [0.25, 0.3) is 0 Å². The first-order valence-corrected chi connectivity index (χ1v) is 9.48. The van der Waals surface area contributed by atoms with Crippen LogP contribution < -0.4 is 10.1 Å². The molecule has 0 aliphatic carbocycles. The lowest BCUT2D eigenvalue weighted by Crippen LogP contribution is -2.50. The van der Waals surface area contributed by atoms with Crippen molar-refractivity contribution in [3.05, 3.63) is 58.1 Å². The van der Waals surface area contributed by atoms with Gasteiger partial charge >= 0.3 is 5.97 Å². The molecule has 1 fully saturated rings. The van der Waals surface area contributed by atoms with Gasteiger partial charge in [-0.05, 0) is 43.2 Å². The average molecular weight is 408 g/mol. The van der Waals surface area contributed by atoms with Crippen molar-refractivity contribution in [3.63, 3.8) is 0 Å². The van der Waals surface area contributed by atoms with Crippen molar-refractivity contribution in [2.45, 2.75) is 26.0 Å². The molecule has 1 aromatic carbocycles. The average Bonchev–Trinajstić information content (AvgIpc) is 2.63. The fourth-order valence-electron chi connectivity index (χ4n) is 3.34. The second kappa shape index (κ2) is 8.86. The number of piperazine rings is 1. The van der Waals surface area contributed by atoms with Gasteiger partial charge in [0.1, 0.15) is 17.7 Å². The summed E-state index contributed by atoms with van der Waals surface area (Å²) in [7, 11) is 0. The van der Waals surface area contributed by atoms with Crippen molar-refractivity contribution in [1.29, 1.82) is 0 Å². The van der Waals surface area contributed by atoms with Crippen LogP contribution in [-0.2, 0) is 0 Å². The van der Waals surface area contributed by atoms with Crippen LogP contribution in [0, 0.1) is 12.7 Å². The highest BCUT2D eigenvalue weighted by molar-refractivity contribution is 6.30. The minimum Gasteiger partial charge on any atom is -0.483 e. The Morgan fingerprint density at radius 1 is 1.50 bits per heavy atom. The lowest BCUT2D eigenvalue weighted by Gasteiger charge is -2.34. The van der Waals surface area contributed by atoms with Crippen LogP contribution in [0.1, 0.15) is 34.6 Å². The lowest BCUT2D eigenvalue weighted by atomic mass is 10.1. The number of hydrogen-bond donors (Lipinski definition) is 2. The van der Waals surface area contributed by atoms with Crippen molar-refractivity contribution < 1.29 is 19.0 Å². The number of halogens is 2. The minimum absolute atomic E-state index is 0.0163. The number of hydrogen-bond acceptors (Lipinski definition) is 5. The van der Waals surface area contributed by atoms with Crippen LogP contribution in [0.25, 0.3) is 0 Å². The van der Waals surface area contributed by atoms with Gasteiger partial charge in [-0.3, -0.25) is 4.90 Å². The molecule has 1 aliphatic heterocycles. The van der Waals surface area contributed by atoms with E-state index >= 15 is 0 Å². The second-order valence-corrected chi connectivity index (χ2v) is 7.44. The number of aromatic carboxylic acids is 1. The molecule has 1 saturated heterocycles. The highest BCUT2D eigenvalue weighted by atomic mass is 35.5. The summed E-state index contributed by atoms with van der Waals surface area (Å²) in [6.45, 7) is 6.92. The van der Waals surface area contributed by atoms with Gasteiger partial charge in [0.05, 0.1) is 11.2 Å². The van der Waals surface area contributed by atoms with Crippen molar-refractivity contribution in [2.24, 2.45) is 0 Å². The second-order valence-electron chi connectivity index (χ2n) is 7.04. The number of nitrogens with zero attached hydrogens (tertiary/aromatic N) is 2. The molecule has 0 spiro atoms. The fraction of sp³-hybridized carbons (Fsp3) is 0.400. The zero-order valence-electron chi connectivity index (χ0n) is 15.8. The number of rotatable bonds is 6. The van der Waals surface area contributed by atoms with Gasteiger partial charge in [0, 0.05) is 32.2 Å². The molecular formula is C20H23ClFN3O3. The van der Waals surface area contributed by atoms with E-state index in [2.05, 4.69) is 22.1 Å². The standard InChI is InChI=1S/C20H23ClFN3O3/c1-12-7-15(9-24-19(12)20(26)27)28-18(11-25-6-5-23-13(2)10-25)14-3-4-16(21)17(22)8-14/h3-4,7-9,13,18,23H,5-6,10-11H2,1-2H3,(H,26,27)/t13-,18?/m1/s1. The first-order valence-electron chi connectivity index (χ1n) is 9.10. The smallest absolute Gasteiger partial charge is 0.354 e. The van der Waals surface area contributed by atoms with Gasteiger partial charge in [0.2, 0.25) is 0 Å². The molecule has 1 aromatic heterocycles. The van der Waals surface area contributed by atoms with Crippen LogP contribution in [-0.4, -0.2) is 53.2 Å². The molecule has 3 rings (SSSR count). The summed E-state index contributed by atoms with van der Waals surface area (Å²) in [6, 6.07) is 6.63. The van der Waals surface area contributed by atoms with E-state index in [1.165, 1.54) is 18.3 Å². The minimum atomic E-state index is -1.09. The van der Waals surface area contributed by atoms with Gasteiger partial charge in [-0.25, -0.2) is 14.2 Å². The summed E-state index contributed by atoms with van der Waals surface area (Å²) in [5.41, 5.74) is 1.15. The number of aromatic nitrogens is 1. The summed E-state index contributed by atoms with van der Waals surface area (Å²) in [6.07, 6.45) is 0.935. The van der Waals surface area contributed by atoms with Crippen LogP contribution in [0.5, 0.6) is 5.75 Å². The van der Waals surface area contributed by atoms with E-state index < -0.39 is 17.9 Å². The largest absolute Gasteiger partial charge is 0.483 e. The first kappa shape index (κ1) is 20.5. The van der Waals surface area contributed by atoms with Gasteiger partial charge in [0.15, 0.2) is 5.69 Å². The predicted octanol–water partition coefficient (Wildman–Crippen LogP) is 3.29. The Hall–Kier alpha value is -2.22. The Labute approximate surface area is 168 Å². The number of aryl methyl sites for hydroxylation is 1. The highest BCUT2D eigenvalue weighted by Gasteiger charge is 2.23. The van der Waals surface area contributed by atoms with Gasteiger partial charge in [-0.15, -0.1) is 0 Å². The number of nitrogens with one attached hydrogen (secondary N) is 1. The molecule has 2 aromatic rings. The third-order valence-corrected chi connectivity index (χ3v) is 5.03. The van der Waals surface area contributed by atoms with Crippen molar-refractivity contribution >= 4 is 17.6 Å². The number of carbonyl (C=O) groups is 1. The fourth-order valence-corrected chi connectivity index (χ4v) is 3.46. The highest BCUT2D eigenvalue weighted by Crippen LogP contribution is 2.27. The summed E-state index contributed by atoms with van der Waals surface area (Å²) in [5, 5.41) is 12.6. The molecule has 1 unspecified atom stereocenters. The van der Waals surface area contributed by atoms with Crippen molar-refractivity contribution in [1.82, 2.24) is 15.2 Å². The molecule has 2 atom stereocenters. The number of ether oxygens (including phenoxy) is 1. The zero-order chi connectivity index (χ0) is 20.3. The first-order chi connectivity index (χ1) is 13.3. The molecule has 2 heterocycles. The van der Waals surface area contributed by atoms with Crippen LogP contribution in [0.3, 0.4) is 0 Å². The van der Waals surface area contributed by atoms with E-state index in [4.69, 9.17) is 21.4 Å². The number of benzene rings is 1. The Bertz CT molecular complexity index is 865. The molecule has 28 heavy (non-hydrogen) atoms. The molecule has 0 amide bonds. The topological polar surface area (TPSA) is 74.7 Å². The third-order valence-electron chi connectivity index (χ3n) is 4.73. The Kier molecular flexibility index (Phi) is 6.49. The Morgan fingerprint density at radius 2 is 2.29 bits per heavy atom. The number of pyridine rings is 1. The molecule has 8 heteroatoms. The van der Waals surface area contributed by atoms with Gasteiger partial charge in [-0.1, -0.05) is 17.7 Å². The molecule has 1 aliphatic rings. The normalized spacial score (nSPS) is 18.6. The molecule has 0 radical (unpaired) electrons. The van der Waals surface area contributed by atoms with Crippen molar-refractivity contribution in [2.75, 3.05) is 26.2 Å². The number of carboxylic acid groups (broad SMARTS) is 1. The zero-order valence-corrected chi connectivity index (χ0v) is 16.5. The predicted molar refractivity (Wildman–Crippen MR) is 105 cm³/mol. The summed E-state index contributed by atoms with van der Waals surface area (Å²) in [5.74, 6) is -1.15. The number of carboxylic acids is 1. The Balaban J connectivity index is 1.86. The van der Waals surface area contributed by atoms with E-state index in [0.717, 1.165) is 19.6 Å². The molecule has 150 valence electrons.